The van der Waals surface area contributed by atoms with Gasteiger partial charge in [-0.15, -0.1) is 0 Å². The van der Waals surface area contributed by atoms with Crippen LogP contribution < -0.4 is 0 Å². The van der Waals surface area contributed by atoms with Gasteiger partial charge in [0.25, 0.3) is 0 Å². The first kappa shape index (κ1) is 26.7. The van der Waals surface area contributed by atoms with Crippen molar-refractivity contribution < 1.29 is 50.4 Å². The van der Waals surface area contributed by atoms with Gasteiger partial charge in [0.2, 0.25) is 0 Å². The van der Waals surface area contributed by atoms with Crippen molar-refractivity contribution in [1.29, 1.82) is 0 Å². The zero-order valence-electron chi connectivity index (χ0n) is 12.3. The number of carbonyl (C=O) groups excluding carboxylic acids is 2. The van der Waals surface area contributed by atoms with Crippen LogP contribution >= 0.6 is 45.2 Å². The van der Waals surface area contributed by atoms with E-state index in [4.69, 9.17) is 40.9 Å². The van der Waals surface area contributed by atoms with Gasteiger partial charge in [-0.2, -0.15) is 0 Å². The predicted molar refractivity (Wildman–Crippen MR) is 98.0 cm³/mol. The average molecular weight is 574 g/mol. The predicted octanol–water partition coefficient (Wildman–Crippen LogP) is -3.87. The van der Waals surface area contributed by atoms with E-state index in [0.29, 0.717) is 0 Å². The Morgan fingerprint density at radius 2 is 1.17 bits per heavy atom. The number of halogens is 2. The molecule has 8 atom stereocenters. The lowest BCUT2D eigenvalue weighted by molar-refractivity contribution is -0.131. The van der Waals surface area contributed by atoms with Crippen molar-refractivity contribution in [3.63, 3.8) is 0 Å². The summed E-state index contributed by atoms with van der Waals surface area (Å²) in [5.41, 5.74) is 0. The van der Waals surface area contributed by atoms with E-state index >= 15 is 0 Å². The fraction of sp³-hybridized carbons (Fsp3) is 0.833. The quantitative estimate of drug-likeness (QED) is 0.0727. The second-order valence-electron chi connectivity index (χ2n) is 4.64. The molecule has 0 aliphatic rings. The monoisotopic (exact) mass is 574 g/mol. The molecule has 12 heteroatoms. The summed E-state index contributed by atoms with van der Waals surface area (Å²) in [6, 6.07) is 0. The third-order valence-corrected chi connectivity index (χ3v) is 5.23. The van der Waals surface area contributed by atoms with Crippen molar-refractivity contribution in [2.45, 2.75) is 46.7 Å². The lowest BCUT2D eigenvalue weighted by Gasteiger charge is -2.22. The van der Waals surface area contributed by atoms with E-state index in [2.05, 4.69) is 0 Å². The Bertz CT molecular complexity index is 316. The molecule has 0 spiro atoms. The van der Waals surface area contributed by atoms with Crippen molar-refractivity contribution in [2.75, 3.05) is 11.0 Å². The maximum absolute atomic E-state index is 10.0. The van der Waals surface area contributed by atoms with Gasteiger partial charge >= 0.3 is 0 Å². The zero-order chi connectivity index (χ0) is 19.4. The van der Waals surface area contributed by atoms with Crippen LogP contribution in [-0.4, -0.2) is 111 Å². The van der Waals surface area contributed by atoms with Gasteiger partial charge in [0.1, 0.15) is 30.5 Å². The summed E-state index contributed by atoms with van der Waals surface area (Å²) in [6.07, 6.45) is -9.66. The summed E-state index contributed by atoms with van der Waals surface area (Å²) in [4.78, 5) is 20.0. The van der Waals surface area contributed by atoms with Crippen LogP contribution in [0, 0.1) is 0 Å². The minimum Gasteiger partial charge on any atom is -0.394 e. The van der Waals surface area contributed by atoms with Crippen LogP contribution in [0.5, 0.6) is 0 Å². The molecular weight excluding hydrogens is 552 g/mol. The zero-order valence-corrected chi connectivity index (χ0v) is 16.7. The van der Waals surface area contributed by atoms with Gasteiger partial charge in [-0.3, -0.25) is 0 Å². The molecule has 8 N–H and O–H groups in total. The van der Waals surface area contributed by atoms with Crippen LogP contribution in [-0.2, 0) is 9.59 Å². The molecule has 24 heavy (non-hydrogen) atoms. The Hall–Kier alpha value is 0.480. The van der Waals surface area contributed by atoms with Crippen molar-refractivity contribution >= 4 is 57.8 Å². The lowest BCUT2D eigenvalue weighted by atomic mass is 10.1. The standard InChI is InChI=1S/2C6H11IO5/c7-5(3(10)1-8)6(12)4(11)2-9;7-1-3(9)5(11)6(12)4(10)2-8/h2-6,8,10-12H,1H2;2-6,9-12H,1H2/t2*3-,4+,5-,6-/m11/s1/i2*7-3. The first-order valence-corrected chi connectivity index (χ1v) is 9.33. The first-order chi connectivity index (χ1) is 11.1. The largest absolute Gasteiger partial charge is 0.394 e. The number of aliphatic hydroxyl groups excluding tert-OH is 8. The highest BCUT2D eigenvalue weighted by Gasteiger charge is 2.29. The number of carbonyl (C=O) groups is 2. The summed E-state index contributed by atoms with van der Waals surface area (Å²) in [7, 11) is 0. The van der Waals surface area contributed by atoms with Crippen molar-refractivity contribution in [3.05, 3.63) is 0 Å². The van der Waals surface area contributed by atoms with E-state index in [1.807, 2.05) is 0 Å². The van der Waals surface area contributed by atoms with Crippen molar-refractivity contribution in [1.82, 2.24) is 0 Å². The van der Waals surface area contributed by atoms with E-state index in [-0.39, 0.29) is 17.0 Å². The van der Waals surface area contributed by atoms with Crippen LogP contribution in [0.4, 0.5) is 0 Å². The smallest absolute Gasteiger partial charge is 0.151 e. The molecule has 144 valence electrons. The number of aliphatic hydroxyl groups is 8. The normalized spacial score (nSPS) is 21.1. The molecule has 0 aliphatic carbocycles. The Labute approximate surface area is 165 Å². The minimum atomic E-state index is -1.66. The van der Waals surface area contributed by atoms with Gasteiger partial charge in [0, 0.05) is 4.43 Å². The molecule has 0 saturated carbocycles. The number of hydrogen-bond acceptors (Lipinski definition) is 10. The summed E-state index contributed by atoms with van der Waals surface area (Å²) in [5, 5.41) is 71.2. The van der Waals surface area contributed by atoms with Crippen LogP contribution in [0.3, 0.4) is 0 Å². The molecule has 0 radical (unpaired) electrons. The maximum Gasteiger partial charge on any atom is 0.151 e. The van der Waals surface area contributed by atoms with Gasteiger partial charge in [-0.25, -0.2) is 0 Å². The van der Waals surface area contributed by atoms with E-state index in [9.17, 15) is 9.59 Å². The van der Waals surface area contributed by atoms with E-state index < -0.39 is 53.3 Å². The minimum absolute atomic E-state index is 0.105. The van der Waals surface area contributed by atoms with Crippen molar-refractivity contribution in [3.8, 4) is 0 Å². The molecule has 0 rings (SSSR count). The van der Waals surface area contributed by atoms with Crippen molar-refractivity contribution in [2.24, 2.45) is 0 Å². The molecule has 0 aromatic heterocycles. The second kappa shape index (κ2) is 14.6. The summed E-state index contributed by atoms with van der Waals surface area (Å²) >= 11 is 3.46. The molecule has 0 unspecified atom stereocenters. The van der Waals surface area contributed by atoms with Gasteiger partial charge < -0.3 is 50.4 Å². The van der Waals surface area contributed by atoms with Crippen LogP contribution in [0.25, 0.3) is 0 Å². The van der Waals surface area contributed by atoms with Gasteiger partial charge in [0.05, 0.1) is 22.7 Å². The van der Waals surface area contributed by atoms with Gasteiger partial charge in [-0.05, 0) is 0 Å². The Kier molecular flexibility index (Phi) is 16.3. The SMILES string of the molecule is O=C[C@H](O)[C@@H](O)[C@H](O)[C@H](O)C[124I].O=C[C@H](O)[C@@H](O)[C@H]([124I])[C@H](O)CO. The van der Waals surface area contributed by atoms with E-state index in [1.165, 1.54) is 0 Å². The van der Waals surface area contributed by atoms with Gasteiger partial charge in [-0.1, -0.05) is 45.2 Å². The molecule has 0 amide bonds. The summed E-state index contributed by atoms with van der Waals surface area (Å²) in [6.45, 7) is -0.518. The summed E-state index contributed by atoms with van der Waals surface area (Å²) < 4.78 is -0.561. The second-order valence-corrected chi connectivity index (χ2v) is 6.96. The average Bonchev–Trinajstić information content (AvgIpc) is 2.62. The number of aldehydes is 2. The molecule has 0 bridgehead atoms. The Morgan fingerprint density at radius 1 is 0.750 bits per heavy atom. The molecular formula is C12H22I2O10. The number of hydrogen-bond donors (Lipinski definition) is 8. The number of alkyl halides is 2. The fourth-order valence-electron chi connectivity index (χ4n) is 1.20. The third kappa shape index (κ3) is 9.83. The molecule has 0 heterocycles. The first-order valence-electron chi connectivity index (χ1n) is 6.56. The van der Waals surface area contributed by atoms with Crippen LogP contribution in [0.15, 0.2) is 0 Å². The molecule has 0 aliphatic heterocycles. The lowest BCUT2D eigenvalue weighted by Crippen LogP contribution is -2.45. The highest BCUT2D eigenvalue weighted by atomic mass is 124. The van der Waals surface area contributed by atoms with Gasteiger partial charge in [0.15, 0.2) is 12.6 Å². The molecule has 0 saturated heterocycles. The highest BCUT2D eigenvalue weighted by molar-refractivity contribution is 14.1. The topological polar surface area (TPSA) is 196 Å². The van der Waals surface area contributed by atoms with Crippen LogP contribution in [0.2, 0.25) is 0 Å². The molecule has 0 aromatic rings. The molecule has 10 nitrogen and oxygen atoms in total. The Balaban J connectivity index is 0. The third-order valence-electron chi connectivity index (χ3n) is 2.76. The molecule has 0 aromatic carbocycles. The number of rotatable bonds is 10. The maximum atomic E-state index is 10.0. The molecule has 0 fully saturated rings. The fourth-order valence-corrected chi connectivity index (χ4v) is 2.37. The van der Waals surface area contributed by atoms with E-state index in [0.717, 1.165) is 0 Å². The highest BCUT2D eigenvalue weighted by Crippen LogP contribution is 2.13. The Morgan fingerprint density at radius 3 is 1.50 bits per heavy atom. The van der Waals surface area contributed by atoms with Crippen LogP contribution in [0.1, 0.15) is 0 Å². The summed E-state index contributed by atoms with van der Waals surface area (Å²) in [5.74, 6) is 0. The van der Waals surface area contributed by atoms with E-state index in [1.54, 1.807) is 45.2 Å².